The standard InChI is InChI=1S/C30H32N6O3/c1-30(2,37)19-39-26-11-27(29-22(12-31)14-33-36(29)18-26)21-6-9-28(32-13-21)34-16-23-10-24(17-34)35(23)15-20-4-7-25(38-3)8-5-20/h4-9,11,13-14,18,23-24,37H,10,15-17,19H2,1-3H3/i15D2,19D2. The van der Waals surface area contributed by atoms with Crippen LogP contribution in [0, 0.1) is 11.3 Å². The zero-order valence-electron chi connectivity index (χ0n) is 26.0. The van der Waals surface area contributed by atoms with E-state index in [2.05, 4.69) is 16.1 Å². The highest BCUT2D eigenvalue weighted by atomic mass is 16.5. The van der Waals surface area contributed by atoms with Crippen molar-refractivity contribution >= 4 is 11.3 Å². The molecule has 3 fully saturated rings. The first-order valence-electron chi connectivity index (χ1n) is 14.8. The Hall–Kier alpha value is -4.13. The van der Waals surface area contributed by atoms with Crippen LogP contribution in [0.5, 0.6) is 11.5 Å². The number of hydrogen-bond donors (Lipinski definition) is 1. The van der Waals surface area contributed by atoms with E-state index in [1.54, 1.807) is 43.6 Å². The van der Waals surface area contributed by atoms with Crippen molar-refractivity contribution in [3.8, 4) is 28.7 Å². The molecule has 3 saturated heterocycles. The number of benzene rings is 1. The van der Waals surface area contributed by atoms with Crippen LogP contribution in [-0.4, -0.2) is 69.0 Å². The van der Waals surface area contributed by atoms with E-state index in [9.17, 15) is 10.4 Å². The lowest BCUT2D eigenvalue weighted by molar-refractivity contribution is -0.00868. The third-order valence-electron chi connectivity index (χ3n) is 7.05. The van der Waals surface area contributed by atoms with Crippen LogP contribution in [-0.2, 0) is 6.50 Å². The van der Waals surface area contributed by atoms with Gasteiger partial charge in [-0.25, -0.2) is 9.50 Å². The third kappa shape index (κ3) is 5.01. The average molecular weight is 529 g/mol. The summed E-state index contributed by atoms with van der Waals surface area (Å²) in [5.74, 6) is 1.59. The van der Waals surface area contributed by atoms with Gasteiger partial charge in [0.25, 0.3) is 0 Å². The van der Waals surface area contributed by atoms with E-state index in [4.69, 9.17) is 19.9 Å². The van der Waals surface area contributed by atoms with E-state index >= 15 is 0 Å². The minimum Gasteiger partial charge on any atom is -0.497 e. The maximum Gasteiger partial charge on any atom is 0.138 e. The van der Waals surface area contributed by atoms with Crippen LogP contribution in [0.3, 0.4) is 0 Å². The lowest BCUT2D eigenvalue weighted by Crippen LogP contribution is -2.68. The number of fused-ring (bicyclic) bond motifs is 3. The Morgan fingerprint density at radius 2 is 1.90 bits per heavy atom. The molecular weight excluding hydrogens is 492 g/mol. The molecule has 0 spiro atoms. The summed E-state index contributed by atoms with van der Waals surface area (Å²) in [6, 6.07) is 14.7. The van der Waals surface area contributed by atoms with Gasteiger partial charge in [-0.3, -0.25) is 4.90 Å². The predicted molar refractivity (Wildman–Crippen MR) is 148 cm³/mol. The van der Waals surface area contributed by atoms with Gasteiger partial charge in [0.05, 0.1) is 38.9 Å². The zero-order chi connectivity index (χ0) is 30.7. The molecule has 0 aliphatic carbocycles. The first-order chi connectivity index (χ1) is 20.3. The highest BCUT2D eigenvalue weighted by Gasteiger charge is 2.44. The summed E-state index contributed by atoms with van der Waals surface area (Å²) in [5.41, 5.74) is 0.967. The van der Waals surface area contributed by atoms with E-state index in [-0.39, 0.29) is 17.8 Å². The monoisotopic (exact) mass is 528 g/mol. The fourth-order valence-corrected chi connectivity index (χ4v) is 5.16. The van der Waals surface area contributed by atoms with Crippen LogP contribution in [0.25, 0.3) is 16.6 Å². The lowest BCUT2D eigenvalue weighted by Gasteiger charge is -2.56. The van der Waals surface area contributed by atoms with Crippen LogP contribution in [0.4, 0.5) is 5.82 Å². The molecule has 7 rings (SSSR count). The van der Waals surface area contributed by atoms with Gasteiger partial charge in [0.15, 0.2) is 0 Å². The van der Waals surface area contributed by atoms with Crippen molar-refractivity contribution in [1.29, 1.82) is 5.26 Å². The number of hydrogen-bond acceptors (Lipinski definition) is 8. The molecule has 9 heteroatoms. The molecule has 2 bridgehead atoms. The number of anilines is 1. The summed E-state index contributed by atoms with van der Waals surface area (Å²) >= 11 is 0. The summed E-state index contributed by atoms with van der Waals surface area (Å²) < 4.78 is 46.4. The topological polar surface area (TPSA) is 99.1 Å². The van der Waals surface area contributed by atoms with Crippen molar-refractivity contribution in [2.45, 2.75) is 44.4 Å². The van der Waals surface area contributed by atoms with Gasteiger partial charge in [0.2, 0.25) is 0 Å². The van der Waals surface area contributed by atoms with Crippen molar-refractivity contribution in [3.05, 3.63) is 72.2 Å². The maximum absolute atomic E-state index is 10.3. The van der Waals surface area contributed by atoms with Crippen LogP contribution in [0.15, 0.2) is 61.1 Å². The number of piperazine rings is 1. The normalized spacial score (nSPS) is 21.3. The number of nitrogens with zero attached hydrogens (tertiary/aromatic N) is 6. The number of nitriles is 1. The molecule has 39 heavy (non-hydrogen) atoms. The Balaban J connectivity index is 1.24. The Morgan fingerprint density at radius 3 is 2.54 bits per heavy atom. The van der Waals surface area contributed by atoms with Gasteiger partial charge in [-0.15, -0.1) is 0 Å². The SMILES string of the molecule is [2H]C([2H])(c1ccc(OC)cc1)N1C2CC1CN(c1ccc(-c3cc(OC([2H])([2H])C(C)(C)O)cn4ncc(C#N)c34)cn1)C2. The smallest absolute Gasteiger partial charge is 0.138 e. The van der Waals surface area contributed by atoms with E-state index < -0.39 is 18.7 Å². The van der Waals surface area contributed by atoms with E-state index in [1.807, 2.05) is 17.0 Å². The Labute approximate surface area is 233 Å². The second kappa shape index (κ2) is 9.88. The van der Waals surface area contributed by atoms with Gasteiger partial charge in [0, 0.05) is 51.7 Å². The summed E-state index contributed by atoms with van der Waals surface area (Å²) in [7, 11) is 1.59. The van der Waals surface area contributed by atoms with Gasteiger partial charge in [-0.1, -0.05) is 12.1 Å². The molecular formula is C30H32N6O3. The van der Waals surface area contributed by atoms with E-state index in [1.165, 1.54) is 30.8 Å². The highest BCUT2D eigenvalue weighted by molar-refractivity contribution is 5.85. The van der Waals surface area contributed by atoms with Crippen molar-refractivity contribution in [3.63, 3.8) is 0 Å². The van der Waals surface area contributed by atoms with Crippen LogP contribution >= 0.6 is 0 Å². The van der Waals surface area contributed by atoms with Gasteiger partial charge in [-0.05, 0) is 56.2 Å². The number of pyridine rings is 2. The zero-order valence-corrected chi connectivity index (χ0v) is 22.0. The van der Waals surface area contributed by atoms with Crippen molar-refractivity contribution in [1.82, 2.24) is 19.5 Å². The minimum atomic E-state index is -2.39. The largest absolute Gasteiger partial charge is 0.497 e. The maximum atomic E-state index is 10.3. The molecule has 3 aromatic heterocycles. The molecule has 1 aromatic carbocycles. The van der Waals surface area contributed by atoms with Gasteiger partial charge in [-0.2, -0.15) is 10.4 Å². The molecule has 3 aliphatic heterocycles. The molecule has 0 amide bonds. The Bertz CT molecular complexity index is 1680. The number of ether oxygens (including phenoxy) is 2. The molecule has 200 valence electrons. The highest BCUT2D eigenvalue weighted by Crippen LogP contribution is 2.37. The second-order valence-corrected chi connectivity index (χ2v) is 10.4. The molecule has 3 aliphatic rings. The summed E-state index contributed by atoms with van der Waals surface area (Å²) in [6.07, 6.45) is 5.53. The average Bonchev–Trinajstić information content (AvgIpc) is 3.39. The number of piperidine rings is 1. The van der Waals surface area contributed by atoms with E-state index in [0.717, 1.165) is 12.2 Å². The predicted octanol–water partition coefficient (Wildman–Crippen LogP) is 3.89. The molecule has 0 saturated carbocycles. The van der Waals surface area contributed by atoms with Crippen molar-refractivity contribution in [2.75, 3.05) is 31.7 Å². The number of aromatic nitrogens is 3. The van der Waals surface area contributed by atoms with Crippen LogP contribution in [0.2, 0.25) is 0 Å². The van der Waals surface area contributed by atoms with Crippen LogP contribution < -0.4 is 14.4 Å². The first kappa shape index (κ1) is 20.8. The van der Waals surface area contributed by atoms with Gasteiger partial charge >= 0.3 is 0 Å². The van der Waals surface area contributed by atoms with Gasteiger partial charge < -0.3 is 19.5 Å². The van der Waals surface area contributed by atoms with Crippen molar-refractivity contribution in [2.24, 2.45) is 0 Å². The van der Waals surface area contributed by atoms with E-state index in [0.29, 0.717) is 46.6 Å². The van der Waals surface area contributed by atoms with Crippen LogP contribution in [0.1, 0.15) is 36.9 Å². The van der Waals surface area contributed by atoms with Gasteiger partial charge in [0.1, 0.15) is 29.9 Å². The number of rotatable bonds is 8. The fourth-order valence-electron chi connectivity index (χ4n) is 5.16. The minimum absolute atomic E-state index is 0.0431. The molecule has 0 radical (unpaired) electrons. The lowest BCUT2D eigenvalue weighted by atomic mass is 9.86. The molecule has 2 unspecified atom stereocenters. The molecule has 6 heterocycles. The number of aliphatic hydroxyl groups is 1. The molecule has 2 atom stereocenters. The second-order valence-electron chi connectivity index (χ2n) is 10.4. The van der Waals surface area contributed by atoms with Crippen molar-refractivity contribution < 1.29 is 20.1 Å². The Kier molecular flexibility index (Phi) is 5.26. The third-order valence-corrected chi connectivity index (χ3v) is 7.05. The first-order valence-corrected chi connectivity index (χ1v) is 12.8. The summed E-state index contributed by atoms with van der Waals surface area (Å²) in [4.78, 5) is 8.84. The molecule has 9 nitrogen and oxygen atoms in total. The summed E-state index contributed by atoms with van der Waals surface area (Å²) in [5, 5.41) is 24.2. The quantitative estimate of drug-likeness (QED) is 0.368. The Morgan fingerprint density at radius 1 is 1.13 bits per heavy atom. The molecule has 4 aromatic rings. The fraction of sp³-hybridized carbons (Fsp3) is 0.367. The summed E-state index contributed by atoms with van der Waals surface area (Å²) in [6.45, 7) is -0.0658. The molecule has 1 N–H and O–H groups in total. The number of methoxy groups -OCH3 is 1.